The zero-order chi connectivity index (χ0) is 29.4. The molecule has 1 aromatic carbocycles. The number of carbonyl (C=O) groups excluding carboxylic acids is 2. The van der Waals surface area contributed by atoms with Gasteiger partial charge in [0.15, 0.2) is 23.5 Å². The number of rotatable bonds is 6. The summed E-state index contributed by atoms with van der Waals surface area (Å²) >= 11 is 1.21. The summed E-state index contributed by atoms with van der Waals surface area (Å²) < 4.78 is 52.2. The summed E-state index contributed by atoms with van der Waals surface area (Å²) in [5, 5.41) is 11.8. The number of fused-ring (bicyclic) bond motifs is 7. The third-order valence-electron chi connectivity index (χ3n) is 10.8. The summed E-state index contributed by atoms with van der Waals surface area (Å²) in [5.74, 6) is 0.00868. The van der Waals surface area contributed by atoms with Crippen LogP contribution in [-0.4, -0.2) is 46.5 Å². The standard InChI is InChI=1S/C32H37F3O5S/c1-4-5-27-39-26-15-23-22-11-8-19-14-20(36)12-13-29(19,2)28(22)24(37)16-30(23,3)31(26,40-27)25(38)17-41-21-9-6-18(7-10-21)32(33,34)35/h6-7,9-10,12-14,22-24,26-28,37H,4-5,8,11,15-17H2,1-3H3/t22?,23?,24-,26-,27?,28?,29?,30?,31+/m0/s1. The maximum Gasteiger partial charge on any atom is 0.416 e. The van der Waals surface area contributed by atoms with E-state index in [4.69, 9.17) is 9.47 Å². The van der Waals surface area contributed by atoms with E-state index in [1.165, 1.54) is 23.9 Å². The number of hydrogen-bond donors (Lipinski definition) is 1. The lowest BCUT2D eigenvalue weighted by Gasteiger charge is -2.59. The van der Waals surface area contributed by atoms with Crippen molar-refractivity contribution in [2.75, 3.05) is 5.75 Å². The number of aliphatic hydroxyl groups is 1. The normalized spacial score (nSPS) is 41.3. The van der Waals surface area contributed by atoms with E-state index >= 15 is 0 Å². The van der Waals surface area contributed by atoms with Crippen molar-refractivity contribution in [3.63, 3.8) is 0 Å². The van der Waals surface area contributed by atoms with Crippen LogP contribution in [0, 0.1) is 28.6 Å². The molecule has 0 bridgehead atoms. The summed E-state index contributed by atoms with van der Waals surface area (Å²) in [6, 6.07) is 4.85. The Balaban J connectivity index is 1.30. The van der Waals surface area contributed by atoms with E-state index < -0.39 is 46.7 Å². The van der Waals surface area contributed by atoms with Crippen molar-refractivity contribution < 1.29 is 37.3 Å². The quantitative estimate of drug-likeness (QED) is 0.380. The van der Waals surface area contributed by atoms with Gasteiger partial charge in [0.1, 0.15) is 0 Å². The Hall–Kier alpha value is -1.94. The molecule has 5 nitrogen and oxygen atoms in total. The molecular weight excluding hydrogens is 553 g/mol. The molecule has 0 amide bonds. The number of benzene rings is 1. The highest BCUT2D eigenvalue weighted by atomic mass is 32.2. The molecular formula is C32H37F3O5S. The van der Waals surface area contributed by atoms with E-state index in [9.17, 15) is 27.9 Å². The summed E-state index contributed by atoms with van der Waals surface area (Å²) in [7, 11) is 0. The molecule has 1 aliphatic heterocycles. The number of ether oxygens (including phenoxy) is 2. The zero-order valence-electron chi connectivity index (χ0n) is 23.6. The topological polar surface area (TPSA) is 72.8 Å². The fraction of sp³-hybridized carbons (Fsp3) is 0.625. The zero-order valence-corrected chi connectivity index (χ0v) is 24.4. The predicted octanol–water partition coefficient (Wildman–Crippen LogP) is 6.54. The predicted molar refractivity (Wildman–Crippen MR) is 148 cm³/mol. The van der Waals surface area contributed by atoms with Crippen molar-refractivity contribution in [2.24, 2.45) is 28.6 Å². The second kappa shape index (κ2) is 10.1. The fourth-order valence-electron chi connectivity index (χ4n) is 9.00. The van der Waals surface area contributed by atoms with Crippen LogP contribution in [0.4, 0.5) is 13.2 Å². The number of halogens is 3. The smallest absolute Gasteiger partial charge is 0.393 e. The first-order valence-electron chi connectivity index (χ1n) is 14.6. The maximum absolute atomic E-state index is 14.3. The molecule has 5 aliphatic rings. The molecule has 0 spiro atoms. The van der Waals surface area contributed by atoms with Crippen LogP contribution in [0.1, 0.15) is 64.9 Å². The lowest BCUT2D eigenvalue weighted by atomic mass is 9.46. The molecule has 1 saturated heterocycles. The third kappa shape index (κ3) is 4.40. The van der Waals surface area contributed by atoms with Crippen LogP contribution in [-0.2, 0) is 25.2 Å². The van der Waals surface area contributed by atoms with Crippen molar-refractivity contribution >= 4 is 23.3 Å². The number of allylic oxidation sites excluding steroid dienone is 4. The van der Waals surface area contributed by atoms with Gasteiger partial charge in [-0.15, -0.1) is 11.8 Å². The molecule has 4 aliphatic carbocycles. The molecule has 222 valence electrons. The van der Waals surface area contributed by atoms with Crippen LogP contribution in [0.2, 0.25) is 0 Å². The molecule has 6 rings (SSSR count). The van der Waals surface area contributed by atoms with Gasteiger partial charge in [0.2, 0.25) is 0 Å². The molecule has 41 heavy (non-hydrogen) atoms. The summed E-state index contributed by atoms with van der Waals surface area (Å²) in [5.41, 5.74) is -1.99. The lowest BCUT2D eigenvalue weighted by Crippen LogP contribution is -2.63. The molecule has 1 aromatic rings. The van der Waals surface area contributed by atoms with Gasteiger partial charge in [-0.05, 0) is 80.4 Å². The van der Waals surface area contributed by atoms with E-state index in [-0.39, 0.29) is 35.1 Å². The molecule has 3 saturated carbocycles. The Kier molecular flexibility index (Phi) is 7.16. The first-order valence-corrected chi connectivity index (χ1v) is 15.6. The third-order valence-corrected chi connectivity index (χ3v) is 11.8. The van der Waals surface area contributed by atoms with Crippen molar-refractivity contribution in [2.45, 2.75) is 94.5 Å². The van der Waals surface area contributed by atoms with Gasteiger partial charge in [-0.2, -0.15) is 13.2 Å². The number of aliphatic hydroxyl groups excluding tert-OH is 1. The van der Waals surface area contributed by atoms with Crippen molar-refractivity contribution in [1.29, 1.82) is 0 Å². The SMILES string of the molecule is CCCC1O[C@H]2CC3C4CCC5=CC(=O)C=CC5(C)C4[C@@H](O)CC3(C)[C@]2(C(=O)CSc2ccc(C(F)(F)F)cc2)O1. The van der Waals surface area contributed by atoms with Gasteiger partial charge in [0, 0.05) is 21.6 Å². The van der Waals surface area contributed by atoms with Crippen molar-refractivity contribution in [3.8, 4) is 0 Å². The minimum atomic E-state index is -4.42. The Morgan fingerprint density at radius 2 is 1.93 bits per heavy atom. The Morgan fingerprint density at radius 1 is 1.20 bits per heavy atom. The summed E-state index contributed by atoms with van der Waals surface area (Å²) in [6.07, 6.45) is 3.32. The van der Waals surface area contributed by atoms with Gasteiger partial charge in [-0.3, -0.25) is 9.59 Å². The van der Waals surface area contributed by atoms with Crippen LogP contribution in [0.25, 0.3) is 0 Å². The molecule has 0 radical (unpaired) electrons. The molecule has 9 heteroatoms. The number of carbonyl (C=O) groups is 2. The Morgan fingerprint density at radius 3 is 2.61 bits per heavy atom. The summed E-state index contributed by atoms with van der Waals surface area (Å²) in [6.45, 7) is 6.22. The molecule has 0 aromatic heterocycles. The fourth-order valence-corrected chi connectivity index (χ4v) is 9.84. The van der Waals surface area contributed by atoms with Crippen molar-refractivity contribution in [3.05, 3.63) is 53.6 Å². The van der Waals surface area contributed by atoms with Gasteiger partial charge in [-0.1, -0.05) is 38.8 Å². The summed E-state index contributed by atoms with van der Waals surface area (Å²) in [4.78, 5) is 27.0. The molecule has 9 atom stereocenters. The highest BCUT2D eigenvalue weighted by molar-refractivity contribution is 8.00. The Labute approximate surface area is 242 Å². The molecule has 1 heterocycles. The highest BCUT2D eigenvalue weighted by Gasteiger charge is 2.75. The first kappa shape index (κ1) is 29.1. The minimum absolute atomic E-state index is 0.0136. The largest absolute Gasteiger partial charge is 0.416 e. The first-order chi connectivity index (χ1) is 19.3. The minimum Gasteiger partial charge on any atom is -0.393 e. The molecule has 6 unspecified atom stereocenters. The van der Waals surface area contributed by atoms with Gasteiger partial charge >= 0.3 is 6.18 Å². The van der Waals surface area contributed by atoms with Gasteiger partial charge in [0.05, 0.1) is 23.5 Å². The lowest BCUT2D eigenvalue weighted by molar-refractivity contribution is -0.197. The van der Waals surface area contributed by atoms with Gasteiger partial charge in [-0.25, -0.2) is 0 Å². The molecule has 1 N–H and O–H groups in total. The van der Waals surface area contributed by atoms with Crippen LogP contribution in [0.3, 0.4) is 0 Å². The number of hydrogen-bond acceptors (Lipinski definition) is 6. The van der Waals surface area contributed by atoms with Crippen LogP contribution < -0.4 is 0 Å². The Bertz CT molecular complexity index is 1290. The second-order valence-corrected chi connectivity index (χ2v) is 13.9. The van der Waals surface area contributed by atoms with Gasteiger partial charge in [0.25, 0.3) is 0 Å². The van der Waals surface area contributed by atoms with Crippen molar-refractivity contribution in [1.82, 2.24) is 0 Å². The maximum atomic E-state index is 14.3. The number of thioether (sulfide) groups is 1. The van der Waals surface area contributed by atoms with E-state index in [0.717, 1.165) is 37.0 Å². The monoisotopic (exact) mass is 590 g/mol. The van der Waals surface area contributed by atoms with E-state index in [1.807, 2.05) is 13.0 Å². The molecule has 4 fully saturated rings. The highest BCUT2D eigenvalue weighted by Crippen LogP contribution is 2.69. The van der Waals surface area contributed by atoms with E-state index in [0.29, 0.717) is 24.2 Å². The number of alkyl halides is 3. The van der Waals surface area contributed by atoms with Crippen LogP contribution in [0.5, 0.6) is 0 Å². The average molecular weight is 591 g/mol. The average Bonchev–Trinajstić information content (AvgIpc) is 3.39. The second-order valence-electron chi connectivity index (χ2n) is 12.9. The van der Waals surface area contributed by atoms with E-state index in [1.54, 1.807) is 12.2 Å². The van der Waals surface area contributed by atoms with Crippen LogP contribution >= 0.6 is 11.8 Å². The van der Waals surface area contributed by atoms with E-state index in [2.05, 4.69) is 13.8 Å². The van der Waals surface area contributed by atoms with Gasteiger partial charge < -0.3 is 14.6 Å². The number of Topliss-reactive ketones (excluding diaryl/α,β-unsaturated/α-hetero) is 1. The van der Waals surface area contributed by atoms with Crippen LogP contribution in [0.15, 0.2) is 53.0 Å². The number of ketones is 2.